The number of fused-ring (bicyclic) bond motifs is 1. The Bertz CT molecular complexity index is 975. The maximum Gasteiger partial charge on any atom is 0.383 e. The summed E-state index contributed by atoms with van der Waals surface area (Å²) in [7, 11) is 0. The molecule has 30 heavy (non-hydrogen) atoms. The molecule has 0 aliphatic heterocycles. The Morgan fingerprint density at radius 1 is 1.07 bits per heavy atom. The summed E-state index contributed by atoms with van der Waals surface area (Å²) in [5.41, 5.74) is 2.11. The fourth-order valence-corrected chi connectivity index (χ4v) is 2.92. The summed E-state index contributed by atoms with van der Waals surface area (Å²) < 4.78 is 17.0. The zero-order valence-electron chi connectivity index (χ0n) is 18.4. The van der Waals surface area contributed by atoms with E-state index < -0.39 is 5.63 Å². The van der Waals surface area contributed by atoms with E-state index in [4.69, 9.17) is 13.9 Å². The van der Waals surface area contributed by atoms with Crippen LogP contribution in [-0.4, -0.2) is 18.3 Å². The zero-order valence-corrected chi connectivity index (χ0v) is 18.4. The van der Waals surface area contributed by atoms with E-state index in [1.807, 2.05) is 19.1 Å². The molecule has 1 N–H and O–H groups in total. The molecule has 0 fully saturated rings. The summed E-state index contributed by atoms with van der Waals surface area (Å²) in [6.45, 7) is 8.83. The molecule has 162 valence electrons. The quantitative estimate of drug-likeness (QED) is 0.266. The van der Waals surface area contributed by atoms with Gasteiger partial charge in [-0.15, -0.1) is 0 Å². The van der Waals surface area contributed by atoms with Crippen molar-refractivity contribution in [3.8, 4) is 17.2 Å². The fraction of sp³-hybridized carbons (Fsp3) is 0.400. The predicted molar refractivity (Wildman–Crippen MR) is 122 cm³/mol. The second kappa shape index (κ2) is 11.9. The molecule has 5 heteroatoms. The molecule has 1 aromatic carbocycles. The van der Waals surface area contributed by atoms with E-state index in [0.717, 1.165) is 19.3 Å². The predicted octanol–water partition coefficient (Wildman–Crippen LogP) is 6.31. The van der Waals surface area contributed by atoms with Crippen LogP contribution in [0.4, 0.5) is 0 Å². The van der Waals surface area contributed by atoms with Gasteiger partial charge in [0.1, 0.15) is 23.3 Å². The average Bonchev–Trinajstić information content (AvgIpc) is 2.69. The Labute approximate surface area is 178 Å². The van der Waals surface area contributed by atoms with E-state index in [9.17, 15) is 9.90 Å². The van der Waals surface area contributed by atoms with Crippen molar-refractivity contribution in [3.05, 3.63) is 64.1 Å². The van der Waals surface area contributed by atoms with E-state index in [0.29, 0.717) is 18.4 Å². The van der Waals surface area contributed by atoms with Crippen LogP contribution in [0, 0.1) is 0 Å². The van der Waals surface area contributed by atoms with Crippen LogP contribution in [0.25, 0.3) is 11.0 Å². The summed E-state index contributed by atoms with van der Waals surface area (Å²) in [5.74, 6) is 0.185. The maximum absolute atomic E-state index is 12.5. The third kappa shape index (κ3) is 6.83. The lowest BCUT2D eigenvalue weighted by molar-refractivity contribution is 0.279. The van der Waals surface area contributed by atoms with Gasteiger partial charge in [0.15, 0.2) is 5.75 Å². The van der Waals surface area contributed by atoms with Gasteiger partial charge in [-0.1, -0.05) is 42.4 Å². The van der Waals surface area contributed by atoms with Gasteiger partial charge >= 0.3 is 5.63 Å². The minimum atomic E-state index is -0.622. The number of hydrogen-bond acceptors (Lipinski definition) is 5. The Morgan fingerprint density at radius 3 is 2.60 bits per heavy atom. The van der Waals surface area contributed by atoms with Crippen molar-refractivity contribution >= 4 is 11.0 Å². The number of aromatic hydroxyl groups is 1. The molecule has 0 saturated heterocycles. The number of benzene rings is 1. The Kier molecular flexibility index (Phi) is 9.26. The highest BCUT2D eigenvalue weighted by Crippen LogP contribution is 2.38. The van der Waals surface area contributed by atoms with E-state index >= 15 is 0 Å². The van der Waals surface area contributed by atoms with Crippen molar-refractivity contribution in [3.63, 3.8) is 0 Å². The molecule has 0 spiro atoms. The highest BCUT2D eigenvalue weighted by molar-refractivity contribution is 5.91. The topological polar surface area (TPSA) is 68.9 Å². The van der Waals surface area contributed by atoms with E-state index in [1.54, 1.807) is 12.1 Å². The Balaban J connectivity index is 2.24. The molecule has 0 aliphatic rings. The van der Waals surface area contributed by atoms with Crippen LogP contribution in [0.5, 0.6) is 17.2 Å². The van der Waals surface area contributed by atoms with Crippen LogP contribution < -0.4 is 15.1 Å². The fourth-order valence-electron chi connectivity index (χ4n) is 2.92. The number of ether oxygens (including phenoxy) is 2. The van der Waals surface area contributed by atoms with Gasteiger partial charge in [-0.3, -0.25) is 0 Å². The molecule has 1 heterocycles. The smallest absolute Gasteiger partial charge is 0.383 e. The minimum Gasteiger partial charge on any atom is -0.507 e. The van der Waals surface area contributed by atoms with Crippen molar-refractivity contribution < 1.29 is 19.0 Å². The monoisotopic (exact) mass is 412 g/mol. The van der Waals surface area contributed by atoms with Crippen LogP contribution in [0.2, 0.25) is 0 Å². The number of hydrogen-bond donors (Lipinski definition) is 1. The molecule has 1 aromatic heterocycles. The van der Waals surface area contributed by atoms with Gasteiger partial charge in [-0.2, -0.15) is 0 Å². The highest BCUT2D eigenvalue weighted by atomic mass is 16.5. The first-order valence-electron chi connectivity index (χ1n) is 10.4. The standard InChI is InChI=1S/C25H32O5/c1-5-6-7-8-16-28-23-22-20(26)13-10-14-21(22)30-25(27)24(23)29-17-15-19(4)12-9-11-18(2)3/h6-7,10-11,13-15,26H,5,8-9,12,16-17H2,1-4H3. The van der Waals surface area contributed by atoms with Crippen LogP contribution >= 0.6 is 0 Å². The van der Waals surface area contributed by atoms with Gasteiger partial charge < -0.3 is 19.0 Å². The number of allylic oxidation sites excluding steroid dienone is 4. The van der Waals surface area contributed by atoms with Crippen LogP contribution in [0.15, 0.2) is 62.9 Å². The molecule has 0 atom stereocenters. The summed E-state index contributed by atoms with van der Waals surface area (Å²) in [4.78, 5) is 12.5. The summed E-state index contributed by atoms with van der Waals surface area (Å²) in [5, 5.41) is 10.7. The van der Waals surface area contributed by atoms with Gasteiger partial charge in [-0.05, 0) is 64.7 Å². The summed E-state index contributed by atoms with van der Waals surface area (Å²) in [6, 6.07) is 4.77. The van der Waals surface area contributed by atoms with Crippen molar-refractivity contribution in [2.24, 2.45) is 0 Å². The van der Waals surface area contributed by atoms with Crippen LogP contribution in [0.1, 0.15) is 53.4 Å². The molecule has 2 aromatic rings. The lowest BCUT2D eigenvalue weighted by Crippen LogP contribution is -2.11. The lowest BCUT2D eigenvalue weighted by atomic mass is 10.1. The summed E-state index contributed by atoms with van der Waals surface area (Å²) in [6.07, 6.45) is 11.7. The van der Waals surface area contributed by atoms with Crippen molar-refractivity contribution in [2.45, 2.75) is 53.4 Å². The number of phenolic OH excluding ortho intramolecular Hbond substituents is 1. The van der Waals surface area contributed by atoms with Gasteiger partial charge in [-0.25, -0.2) is 4.79 Å². The van der Waals surface area contributed by atoms with E-state index in [-0.39, 0.29) is 29.4 Å². The molecule has 0 aliphatic carbocycles. The second-order valence-corrected chi connectivity index (χ2v) is 7.40. The summed E-state index contributed by atoms with van der Waals surface area (Å²) >= 11 is 0. The Hall–Kier alpha value is -2.95. The molecular formula is C25H32O5. The highest BCUT2D eigenvalue weighted by Gasteiger charge is 2.20. The molecule has 2 rings (SSSR count). The lowest BCUT2D eigenvalue weighted by Gasteiger charge is -2.13. The molecular weight excluding hydrogens is 380 g/mol. The van der Waals surface area contributed by atoms with Gasteiger partial charge in [0.05, 0.1) is 6.61 Å². The van der Waals surface area contributed by atoms with Gasteiger partial charge in [0.25, 0.3) is 0 Å². The first-order chi connectivity index (χ1) is 14.4. The van der Waals surface area contributed by atoms with Crippen LogP contribution in [0.3, 0.4) is 0 Å². The first kappa shape index (κ1) is 23.3. The maximum atomic E-state index is 12.5. The molecule has 0 amide bonds. The van der Waals surface area contributed by atoms with Gasteiger partial charge in [0, 0.05) is 0 Å². The average molecular weight is 413 g/mol. The van der Waals surface area contributed by atoms with Gasteiger partial charge in [0.2, 0.25) is 5.75 Å². The third-order valence-corrected chi connectivity index (χ3v) is 4.51. The minimum absolute atomic E-state index is 0.0168. The number of phenols is 1. The van der Waals surface area contributed by atoms with Crippen molar-refractivity contribution in [2.75, 3.05) is 13.2 Å². The molecule has 0 bridgehead atoms. The molecule has 0 radical (unpaired) electrons. The number of rotatable bonds is 11. The van der Waals surface area contributed by atoms with Crippen molar-refractivity contribution in [1.82, 2.24) is 0 Å². The third-order valence-electron chi connectivity index (χ3n) is 4.51. The molecule has 0 saturated carbocycles. The SMILES string of the molecule is CCC=CCCOc1c(OCC=C(C)CCC=C(C)C)c(=O)oc2cccc(O)c12. The van der Waals surface area contributed by atoms with E-state index in [1.165, 1.54) is 17.2 Å². The normalized spacial score (nSPS) is 11.8. The first-order valence-corrected chi connectivity index (χ1v) is 10.4. The largest absolute Gasteiger partial charge is 0.507 e. The zero-order chi connectivity index (χ0) is 21.9. The second-order valence-electron chi connectivity index (χ2n) is 7.40. The van der Waals surface area contributed by atoms with Crippen molar-refractivity contribution in [1.29, 1.82) is 0 Å². The Morgan fingerprint density at radius 2 is 1.87 bits per heavy atom. The van der Waals surface area contributed by atoms with E-state index in [2.05, 4.69) is 32.9 Å². The molecule has 5 nitrogen and oxygen atoms in total. The molecule has 0 unspecified atom stereocenters. The van der Waals surface area contributed by atoms with Crippen LogP contribution in [-0.2, 0) is 0 Å².